The lowest BCUT2D eigenvalue weighted by atomic mass is 10.2. The van der Waals surface area contributed by atoms with Gasteiger partial charge in [-0.05, 0) is 36.4 Å². The maximum Gasteiger partial charge on any atom is 0.234 e. The van der Waals surface area contributed by atoms with Gasteiger partial charge in [-0.15, -0.1) is 0 Å². The van der Waals surface area contributed by atoms with Crippen LogP contribution in [0, 0.1) is 0 Å². The number of aromatic nitrogens is 4. The summed E-state index contributed by atoms with van der Waals surface area (Å²) < 4.78 is 12.2. The average Bonchev–Trinajstić information content (AvgIpc) is 3.23. The van der Waals surface area contributed by atoms with Crippen molar-refractivity contribution >= 4 is 46.0 Å². The first-order chi connectivity index (χ1) is 15.1. The number of methoxy groups -OCH3 is 2. The molecule has 0 saturated heterocycles. The van der Waals surface area contributed by atoms with E-state index in [0.29, 0.717) is 32.9 Å². The van der Waals surface area contributed by atoms with E-state index in [4.69, 9.17) is 21.1 Å². The van der Waals surface area contributed by atoms with Crippen LogP contribution in [0.1, 0.15) is 0 Å². The second-order valence-electron chi connectivity index (χ2n) is 6.35. The minimum Gasteiger partial charge on any atom is -0.497 e. The highest BCUT2D eigenvalue weighted by Gasteiger charge is 2.14. The molecule has 4 aromatic rings. The number of halogens is 1. The van der Waals surface area contributed by atoms with Crippen molar-refractivity contribution in [2.75, 3.05) is 25.3 Å². The SMILES string of the molecule is COc1ccc(NC(=O)CSc2ncnc3c2cnn3-c2ccc(Cl)cc2)c(OC)c1. The zero-order valence-electron chi connectivity index (χ0n) is 16.7. The van der Waals surface area contributed by atoms with Crippen LogP contribution < -0.4 is 14.8 Å². The summed E-state index contributed by atoms with van der Waals surface area (Å²) in [6.45, 7) is 0. The number of amides is 1. The number of thioether (sulfide) groups is 1. The molecule has 2 aromatic carbocycles. The zero-order chi connectivity index (χ0) is 21.8. The largest absolute Gasteiger partial charge is 0.497 e. The van der Waals surface area contributed by atoms with Crippen molar-refractivity contribution in [2.24, 2.45) is 0 Å². The Bertz CT molecular complexity index is 1230. The van der Waals surface area contributed by atoms with E-state index in [2.05, 4.69) is 20.4 Å². The van der Waals surface area contributed by atoms with Crippen LogP contribution >= 0.6 is 23.4 Å². The Kier molecular flexibility index (Phi) is 6.24. The van der Waals surface area contributed by atoms with Crippen LogP contribution in [0.15, 0.2) is 60.0 Å². The van der Waals surface area contributed by atoms with Crippen LogP contribution in [0.4, 0.5) is 5.69 Å². The number of carbonyl (C=O) groups is 1. The van der Waals surface area contributed by atoms with Crippen LogP contribution in [0.5, 0.6) is 11.5 Å². The molecule has 2 heterocycles. The van der Waals surface area contributed by atoms with Crippen LogP contribution in [0.2, 0.25) is 5.02 Å². The number of hydrogen-bond acceptors (Lipinski definition) is 7. The molecule has 0 saturated carbocycles. The van der Waals surface area contributed by atoms with Gasteiger partial charge >= 0.3 is 0 Å². The Hall–Kier alpha value is -3.30. The third kappa shape index (κ3) is 4.57. The lowest BCUT2D eigenvalue weighted by Crippen LogP contribution is -2.14. The number of fused-ring (bicyclic) bond motifs is 1. The van der Waals surface area contributed by atoms with E-state index in [1.54, 1.807) is 48.3 Å². The molecule has 0 fully saturated rings. The van der Waals surface area contributed by atoms with Gasteiger partial charge in [0.1, 0.15) is 22.9 Å². The number of nitrogens with one attached hydrogen (secondary N) is 1. The summed E-state index contributed by atoms with van der Waals surface area (Å²) in [5, 5.41) is 9.34. The molecule has 8 nitrogen and oxygen atoms in total. The number of anilines is 1. The van der Waals surface area contributed by atoms with Crippen molar-refractivity contribution in [1.82, 2.24) is 19.7 Å². The van der Waals surface area contributed by atoms with Crippen molar-refractivity contribution in [3.8, 4) is 17.2 Å². The molecule has 0 atom stereocenters. The molecule has 0 aliphatic carbocycles. The summed E-state index contributed by atoms with van der Waals surface area (Å²) in [6, 6.07) is 12.5. The first kappa shape index (κ1) is 21.0. The lowest BCUT2D eigenvalue weighted by Gasteiger charge is -2.11. The molecule has 4 rings (SSSR count). The summed E-state index contributed by atoms with van der Waals surface area (Å²) in [6.07, 6.45) is 3.15. The standard InChI is InChI=1S/C21H18ClN5O3S/c1-29-15-7-8-17(18(9-15)30-2)26-19(28)11-31-21-16-10-25-27(20(16)23-12-24-21)14-5-3-13(22)4-6-14/h3-10,12H,11H2,1-2H3,(H,26,28). The minimum atomic E-state index is -0.190. The Balaban J connectivity index is 1.49. The molecular formula is C21H18ClN5O3S. The average molecular weight is 456 g/mol. The van der Waals surface area contributed by atoms with E-state index in [1.165, 1.54) is 25.2 Å². The van der Waals surface area contributed by atoms with Gasteiger partial charge < -0.3 is 14.8 Å². The van der Waals surface area contributed by atoms with Crippen LogP contribution in [-0.4, -0.2) is 45.6 Å². The molecule has 2 aromatic heterocycles. The van der Waals surface area contributed by atoms with Gasteiger partial charge in [-0.1, -0.05) is 23.4 Å². The van der Waals surface area contributed by atoms with E-state index < -0.39 is 0 Å². The van der Waals surface area contributed by atoms with Gasteiger partial charge in [0.15, 0.2) is 5.65 Å². The van der Waals surface area contributed by atoms with Gasteiger partial charge in [-0.3, -0.25) is 4.79 Å². The van der Waals surface area contributed by atoms with Crippen LogP contribution in [-0.2, 0) is 4.79 Å². The van der Waals surface area contributed by atoms with Gasteiger partial charge in [0.05, 0.1) is 42.9 Å². The smallest absolute Gasteiger partial charge is 0.234 e. The lowest BCUT2D eigenvalue weighted by molar-refractivity contribution is -0.113. The summed E-state index contributed by atoms with van der Waals surface area (Å²) >= 11 is 7.28. The topological polar surface area (TPSA) is 91.2 Å². The third-order valence-corrected chi connectivity index (χ3v) is 5.68. The molecular weight excluding hydrogens is 438 g/mol. The Morgan fingerprint density at radius 2 is 1.94 bits per heavy atom. The van der Waals surface area contributed by atoms with E-state index in [0.717, 1.165) is 11.1 Å². The molecule has 0 spiro atoms. The maximum absolute atomic E-state index is 12.5. The maximum atomic E-state index is 12.5. The van der Waals surface area contributed by atoms with Crippen molar-refractivity contribution in [1.29, 1.82) is 0 Å². The molecule has 1 N–H and O–H groups in total. The highest BCUT2D eigenvalue weighted by molar-refractivity contribution is 8.00. The third-order valence-electron chi connectivity index (χ3n) is 4.42. The molecule has 10 heteroatoms. The monoisotopic (exact) mass is 455 g/mol. The van der Waals surface area contributed by atoms with E-state index in [-0.39, 0.29) is 11.7 Å². The Morgan fingerprint density at radius 3 is 2.68 bits per heavy atom. The van der Waals surface area contributed by atoms with Crippen molar-refractivity contribution < 1.29 is 14.3 Å². The molecule has 0 bridgehead atoms. The Morgan fingerprint density at radius 1 is 1.13 bits per heavy atom. The number of nitrogens with zero attached hydrogens (tertiary/aromatic N) is 4. The molecule has 1 amide bonds. The second kappa shape index (κ2) is 9.23. The summed E-state index contributed by atoms with van der Waals surface area (Å²) in [5.41, 5.74) is 2.05. The van der Waals surface area contributed by atoms with Gasteiger partial charge in [-0.2, -0.15) is 5.10 Å². The van der Waals surface area contributed by atoms with E-state index >= 15 is 0 Å². The first-order valence-electron chi connectivity index (χ1n) is 9.18. The van der Waals surface area contributed by atoms with Gasteiger partial charge in [0, 0.05) is 11.1 Å². The second-order valence-corrected chi connectivity index (χ2v) is 7.75. The highest BCUT2D eigenvalue weighted by atomic mass is 35.5. The number of hydrogen-bond donors (Lipinski definition) is 1. The summed E-state index contributed by atoms with van der Waals surface area (Å²) in [4.78, 5) is 21.2. The van der Waals surface area contributed by atoms with Gasteiger partial charge in [-0.25, -0.2) is 14.6 Å². The quantitative estimate of drug-likeness (QED) is 0.329. The minimum absolute atomic E-state index is 0.160. The number of benzene rings is 2. The normalized spacial score (nSPS) is 10.8. The van der Waals surface area contributed by atoms with Crippen molar-refractivity contribution in [3.63, 3.8) is 0 Å². The van der Waals surface area contributed by atoms with Gasteiger partial charge in [0.2, 0.25) is 5.91 Å². The van der Waals surface area contributed by atoms with E-state index in [1.807, 2.05) is 12.1 Å². The fraction of sp³-hybridized carbons (Fsp3) is 0.143. The molecule has 0 aliphatic rings. The number of ether oxygens (including phenoxy) is 2. The fourth-order valence-electron chi connectivity index (χ4n) is 2.93. The number of rotatable bonds is 7. The predicted octanol–water partition coefficient (Wildman–Crippen LogP) is 4.22. The van der Waals surface area contributed by atoms with Crippen LogP contribution in [0.3, 0.4) is 0 Å². The predicted molar refractivity (Wildman–Crippen MR) is 121 cm³/mol. The van der Waals surface area contributed by atoms with Crippen molar-refractivity contribution in [3.05, 3.63) is 60.0 Å². The highest BCUT2D eigenvalue weighted by Crippen LogP contribution is 2.30. The van der Waals surface area contributed by atoms with Crippen LogP contribution in [0.25, 0.3) is 16.7 Å². The fourth-order valence-corrected chi connectivity index (χ4v) is 3.82. The molecule has 0 unspecified atom stereocenters. The summed E-state index contributed by atoms with van der Waals surface area (Å²) in [7, 11) is 3.11. The first-order valence-corrected chi connectivity index (χ1v) is 10.5. The zero-order valence-corrected chi connectivity index (χ0v) is 18.3. The summed E-state index contributed by atoms with van der Waals surface area (Å²) in [5.74, 6) is 1.13. The molecule has 31 heavy (non-hydrogen) atoms. The number of carbonyl (C=O) groups excluding carboxylic acids is 1. The van der Waals surface area contributed by atoms with Gasteiger partial charge in [0.25, 0.3) is 0 Å². The van der Waals surface area contributed by atoms with E-state index in [9.17, 15) is 4.79 Å². The Labute approximate surface area is 187 Å². The molecule has 0 radical (unpaired) electrons. The molecule has 158 valence electrons. The molecule has 0 aliphatic heterocycles. The van der Waals surface area contributed by atoms with Crippen molar-refractivity contribution in [2.45, 2.75) is 5.03 Å².